The summed E-state index contributed by atoms with van der Waals surface area (Å²) >= 11 is 0. The van der Waals surface area contributed by atoms with E-state index < -0.39 is 12.3 Å². The van der Waals surface area contributed by atoms with Crippen LogP contribution >= 0.6 is 0 Å². The molecule has 0 fully saturated rings. The number of ether oxygens (including phenoxy) is 2. The fourth-order valence-electron chi connectivity index (χ4n) is 4.33. The van der Waals surface area contributed by atoms with Crippen LogP contribution in [0.5, 0.6) is 11.5 Å². The number of carbonyl (C=O) groups is 2. The molecule has 0 atom stereocenters. The minimum Gasteiger partial charge on any atom is -0.493 e. The van der Waals surface area contributed by atoms with Crippen LogP contribution in [0.2, 0.25) is 0 Å². The van der Waals surface area contributed by atoms with Crippen molar-refractivity contribution in [3.8, 4) is 33.9 Å². The number of alkyl halides is 3. The van der Waals surface area contributed by atoms with Crippen molar-refractivity contribution in [1.82, 2.24) is 4.98 Å². The molecule has 5 rings (SSSR count). The van der Waals surface area contributed by atoms with Crippen LogP contribution < -0.4 is 14.8 Å². The van der Waals surface area contributed by atoms with Crippen LogP contribution in [0, 0.1) is 0 Å². The van der Waals surface area contributed by atoms with Crippen molar-refractivity contribution >= 4 is 17.5 Å². The highest BCUT2D eigenvalue weighted by Gasteiger charge is 2.31. The Labute approximate surface area is 222 Å². The molecule has 9 heteroatoms. The molecule has 1 N–H and O–H groups in total. The number of nitrogens with one attached hydrogen (secondary N) is 1. The highest BCUT2D eigenvalue weighted by atomic mass is 19.4. The predicted octanol–water partition coefficient (Wildman–Crippen LogP) is 6.85. The maximum atomic E-state index is 12.8. The Hall–Kier alpha value is -4.66. The van der Waals surface area contributed by atoms with E-state index in [1.54, 1.807) is 36.4 Å². The molecular weight excluding hydrogens is 509 g/mol. The number of halogens is 3. The van der Waals surface area contributed by atoms with Crippen molar-refractivity contribution in [3.05, 3.63) is 96.1 Å². The summed E-state index contributed by atoms with van der Waals surface area (Å²) in [4.78, 5) is 30.0. The molecule has 1 aliphatic heterocycles. The first-order valence-corrected chi connectivity index (χ1v) is 12.3. The van der Waals surface area contributed by atoms with Gasteiger partial charge in [0.2, 0.25) is 5.91 Å². The topological polar surface area (TPSA) is 77.5 Å². The lowest BCUT2D eigenvalue weighted by Crippen LogP contribution is -2.17. The number of hydrogen-bond acceptors (Lipinski definition) is 5. The number of amides is 1. The van der Waals surface area contributed by atoms with Crippen LogP contribution in [0.1, 0.15) is 28.8 Å². The lowest BCUT2D eigenvalue weighted by Gasteiger charge is -2.13. The number of carbonyl (C=O) groups excluding carboxylic acids is 2. The van der Waals surface area contributed by atoms with Crippen molar-refractivity contribution < 1.29 is 32.2 Å². The summed E-state index contributed by atoms with van der Waals surface area (Å²) in [6.07, 6.45) is -4.13. The average molecular weight is 533 g/mol. The summed E-state index contributed by atoms with van der Waals surface area (Å²) in [6, 6.07) is 23.3. The quantitative estimate of drug-likeness (QED) is 0.251. The molecular formula is C30H23F3N2O4. The Morgan fingerprint density at radius 1 is 0.872 bits per heavy atom. The van der Waals surface area contributed by atoms with E-state index in [9.17, 15) is 22.8 Å². The third-order valence-electron chi connectivity index (χ3n) is 6.15. The van der Waals surface area contributed by atoms with Gasteiger partial charge in [0.05, 0.1) is 12.3 Å². The minimum absolute atomic E-state index is 0.00748. The van der Waals surface area contributed by atoms with Gasteiger partial charge in [-0.05, 0) is 59.2 Å². The van der Waals surface area contributed by atoms with Crippen molar-refractivity contribution in [2.75, 3.05) is 11.9 Å². The van der Waals surface area contributed by atoms with E-state index in [0.717, 1.165) is 23.3 Å². The number of anilines is 1. The Morgan fingerprint density at radius 3 is 2.46 bits per heavy atom. The lowest BCUT2D eigenvalue weighted by atomic mass is 10.0. The van der Waals surface area contributed by atoms with Crippen LogP contribution in [0.3, 0.4) is 0 Å². The zero-order valence-electron chi connectivity index (χ0n) is 20.6. The number of Topliss-reactive ketones (excluding diaryl/α,β-unsaturated/α-hetero) is 1. The number of nitrogens with zero attached hydrogens (tertiary/aromatic N) is 1. The molecule has 4 aromatic rings. The SMILES string of the molecule is O=C(CCC(=O)c1ccc2c(c1)CCO2)Nc1cc(-c2cccc(OC(F)(F)F)c2)cc(-c2ccccc2)n1. The largest absolute Gasteiger partial charge is 0.573 e. The van der Waals surface area contributed by atoms with Gasteiger partial charge in [0.15, 0.2) is 5.78 Å². The Balaban J connectivity index is 1.35. The number of hydrogen-bond donors (Lipinski definition) is 1. The van der Waals surface area contributed by atoms with Crippen LogP contribution in [0.15, 0.2) is 84.9 Å². The van der Waals surface area contributed by atoms with E-state index in [2.05, 4.69) is 15.0 Å². The van der Waals surface area contributed by atoms with E-state index >= 15 is 0 Å². The van der Waals surface area contributed by atoms with Gasteiger partial charge in [-0.1, -0.05) is 42.5 Å². The molecule has 1 aromatic heterocycles. The molecule has 0 saturated heterocycles. The van der Waals surface area contributed by atoms with Crippen LogP contribution in [0.4, 0.5) is 19.0 Å². The number of ketones is 1. The number of fused-ring (bicyclic) bond motifs is 1. The van der Waals surface area contributed by atoms with Crippen molar-refractivity contribution in [2.45, 2.75) is 25.6 Å². The second kappa shape index (κ2) is 11.0. The molecule has 0 bridgehead atoms. The molecule has 0 saturated carbocycles. The first-order valence-electron chi connectivity index (χ1n) is 12.3. The van der Waals surface area contributed by atoms with E-state index in [-0.39, 0.29) is 30.2 Å². The second-order valence-corrected chi connectivity index (χ2v) is 8.96. The van der Waals surface area contributed by atoms with Gasteiger partial charge in [0.25, 0.3) is 0 Å². The van der Waals surface area contributed by atoms with E-state index in [0.29, 0.717) is 29.0 Å². The summed E-state index contributed by atoms with van der Waals surface area (Å²) < 4.78 is 47.8. The first-order chi connectivity index (χ1) is 18.7. The Kier molecular flexibility index (Phi) is 7.31. The van der Waals surface area contributed by atoms with Crippen molar-refractivity contribution in [2.24, 2.45) is 0 Å². The van der Waals surface area contributed by atoms with Gasteiger partial charge in [-0.25, -0.2) is 4.98 Å². The minimum atomic E-state index is -4.82. The molecule has 3 aromatic carbocycles. The number of rotatable bonds is 8. The van der Waals surface area contributed by atoms with E-state index in [1.807, 2.05) is 30.3 Å². The van der Waals surface area contributed by atoms with Gasteiger partial charge in [-0.3, -0.25) is 9.59 Å². The molecule has 1 amide bonds. The summed E-state index contributed by atoms with van der Waals surface area (Å²) in [5.41, 5.74) is 3.75. The van der Waals surface area contributed by atoms with Crippen molar-refractivity contribution in [3.63, 3.8) is 0 Å². The monoisotopic (exact) mass is 532 g/mol. The molecule has 1 aliphatic rings. The molecule has 39 heavy (non-hydrogen) atoms. The number of aromatic nitrogens is 1. The van der Waals surface area contributed by atoms with Gasteiger partial charge in [0.1, 0.15) is 17.3 Å². The first kappa shape index (κ1) is 26.0. The normalized spacial score (nSPS) is 12.4. The maximum absolute atomic E-state index is 12.8. The standard InChI is InChI=1S/C30H23F3N2O4/c31-30(32,33)39-24-8-4-7-20(16-24)23-17-25(19-5-2-1-3-6-19)34-28(18-23)35-29(37)12-10-26(36)21-9-11-27-22(15-21)13-14-38-27/h1-9,11,15-18H,10,12-14H2,(H,34,35,37). The molecule has 0 radical (unpaired) electrons. The highest BCUT2D eigenvalue weighted by molar-refractivity contribution is 6.00. The molecule has 0 unspecified atom stereocenters. The third-order valence-corrected chi connectivity index (χ3v) is 6.15. The van der Waals surface area contributed by atoms with Gasteiger partial charge in [-0.2, -0.15) is 0 Å². The third kappa shape index (κ3) is 6.62. The number of benzene rings is 3. The number of pyridine rings is 1. The van der Waals surface area contributed by atoms with Gasteiger partial charge in [-0.15, -0.1) is 13.2 Å². The summed E-state index contributed by atoms with van der Waals surface area (Å²) in [6.45, 7) is 0.589. The van der Waals surface area contributed by atoms with Crippen LogP contribution in [-0.4, -0.2) is 29.6 Å². The highest BCUT2D eigenvalue weighted by Crippen LogP contribution is 2.32. The molecule has 198 valence electrons. The van der Waals surface area contributed by atoms with Gasteiger partial charge < -0.3 is 14.8 Å². The Morgan fingerprint density at radius 2 is 1.67 bits per heavy atom. The molecule has 0 aliphatic carbocycles. The summed E-state index contributed by atoms with van der Waals surface area (Å²) in [5.74, 6) is 0.0552. The van der Waals surface area contributed by atoms with Gasteiger partial charge in [0, 0.05) is 30.4 Å². The lowest BCUT2D eigenvalue weighted by molar-refractivity contribution is -0.274. The summed E-state index contributed by atoms with van der Waals surface area (Å²) in [5, 5.41) is 2.73. The molecule has 0 spiro atoms. The van der Waals surface area contributed by atoms with Crippen LogP contribution in [-0.2, 0) is 11.2 Å². The fraction of sp³-hybridized carbons (Fsp3) is 0.167. The predicted molar refractivity (Wildman–Crippen MR) is 140 cm³/mol. The average Bonchev–Trinajstić information content (AvgIpc) is 3.39. The fourth-order valence-corrected chi connectivity index (χ4v) is 4.33. The maximum Gasteiger partial charge on any atom is 0.573 e. The summed E-state index contributed by atoms with van der Waals surface area (Å²) in [7, 11) is 0. The zero-order valence-corrected chi connectivity index (χ0v) is 20.6. The van der Waals surface area contributed by atoms with E-state index in [4.69, 9.17) is 4.74 Å². The molecule has 6 nitrogen and oxygen atoms in total. The van der Waals surface area contributed by atoms with E-state index in [1.165, 1.54) is 18.2 Å². The smallest absolute Gasteiger partial charge is 0.493 e. The van der Waals surface area contributed by atoms with Crippen molar-refractivity contribution in [1.29, 1.82) is 0 Å². The van der Waals surface area contributed by atoms with Crippen LogP contribution in [0.25, 0.3) is 22.4 Å². The zero-order chi connectivity index (χ0) is 27.4. The second-order valence-electron chi connectivity index (χ2n) is 8.96. The molecule has 2 heterocycles. The van der Waals surface area contributed by atoms with Gasteiger partial charge >= 0.3 is 6.36 Å². The Bertz CT molecular complexity index is 1520.